The number of hydrogen-bond donors (Lipinski definition) is 5. The molecule has 4 aliphatic rings. The Balaban J connectivity index is 1.48. The van der Waals surface area contributed by atoms with Crippen molar-refractivity contribution >= 4 is 47.9 Å². The highest BCUT2D eigenvalue weighted by Gasteiger charge is 2.43. The molecule has 4 aliphatic carbocycles. The number of hydrogen-bond acceptors (Lipinski definition) is 15. The summed E-state index contributed by atoms with van der Waals surface area (Å²) >= 11 is 0. The fraction of sp³-hybridized carbons (Fsp3) is 0.830. The van der Waals surface area contributed by atoms with Crippen LogP contribution in [0.2, 0.25) is 0 Å². The molecule has 0 atom stereocenters. The lowest BCUT2D eigenvalue weighted by Crippen LogP contribution is -2.61. The molecule has 4 amide bonds. The van der Waals surface area contributed by atoms with Crippen LogP contribution in [-0.4, -0.2) is 126 Å². The van der Waals surface area contributed by atoms with E-state index in [9.17, 15) is 38.4 Å². The van der Waals surface area contributed by atoms with E-state index in [1.165, 1.54) is 0 Å². The lowest BCUT2D eigenvalue weighted by Gasteiger charge is -2.37. The van der Waals surface area contributed by atoms with E-state index in [-0.39, 0.29) is 43.5 Å². The van der Waals surface area contributed by atoms with E-state index >= 15 is 0 Å². The van der Waals surface area contributed by atoms with Gasteiger partial charge in [-0.15, -0.1) is 0 Å². The summed E-state index contributed by atoms with van der Waals surface area (Å²) in [7, 11) is 1.89. The first-order valence-corrected chi connectivity index (χ1v) is 24.5. The maximum Gasteiger partial charge on any atom is 0.407 e. The van der Waals surface area contributed by atoms with E-state index in [0.717, 1.165) is 19.4 Å². The van der Waals surface area contributed by atoms with Crippen molar-refractivity contribution in [3.63, 3.8) is 0 Å². The number of alkyl carbamates (subject to hydrolysis) is 3. The number of Topliss-reactive ketones (excluding diaryl/α,β-unsaturated/α-hetero) is 1. The molecule has 4 saturated carbocycles. The second kappa shape index (κ2) is 28.5. The van der Waals surface area contributed by atoms with Crippen molar-refractivity contribution in [2.75, 3.05) is 72.9 Å². The molecule has 0 spiro atoms. The summed E-state index contributed by atoms with van der Waals surface area (Å²) in [5, 5.41) is 14.5. The van der Waals surface area contributed by atoms with E-state index in [2.05, 4.69) is 26.6 Å². The van der Waals surface area contributed by atoms with Crippen LogP contribution in [0.5, 0.6) is 0 Å². The zero-order chi connectivity index (χ0) is 47.9. The number of ether oxygens (including phenoxy) is 6. The summed E-state index contributed by atoms with van der Waals surface area (Å²) in [5.41, 5.74) is -1.72. The van der Waals surface area contributed by atoms with Crippen molar-refractivity contribution in [3.8, 4) is 0 Å². The Morgan fingerprint density at radius 1 is 0.424 bits per heavy atom. The maximum atomic E-state index is 14.2. The first kappa shape index (κ1) is 53.9. The van der Waals surface area contributed by atoms with Crippen molar-refractivity contribution in [1.82, 2.24) is 26.6 Å². The third-order valence-corrected chi connectivity index (χ3v) is 13.8. The smallest absolute Gasteiger partial charge is 0.407 e. The lowest BCUT2D eigenvalue weighted by molar-refractivity contribution is -0.167. The molecular formula is C47H77N5O14. The molecule has 0 bridgehead atoms. The monoisotopic (exact) mass is 936 g/mol. The van der Waals surface area contributed by atoms with E-state index < -0.39 is 91.0 Å². The van der Waals surface area contributed by atoms with Gasteiger partial charge >= 0.3 is 36.2 Å². The summed E-state index contributed by atoms with van der Waals surface area (Å²) in [5.74, 6) is -4.32. The van der Waals surface area contributed by atoms with E-state index in [4.69, 9.17) is 28.4 Å². The van der Waals surface area contributed by atoms with Crippen molar-refractivity contribution < 1.29 is 66.8 Å². The molecule has 0 unspecified atom stereocenters. The molecule has 0 saturated heterocycles. The third kappa shape index (κ3) is 18.2. The van der Waals surface area contributed by atoms with Gasteiger partial charge in [-0.05, 0) is 161 Å². The summed E-state index contributed by atoms with van der Waals surface area (Å²) in [6, 6.07) is 0. The van der Waals surface area contributed by atoms with Gasteiger partial charge in [-0.3, -0.25) is 19.2 Å². The first-order valence-electron chi connectivity index (χ1n) is 24.5. The van der Waals surface area contributed by atoms with Gasteiger partial charge in [-0.2, -0.15) is 0 Å². The summed E-state index contributed by atoms with van der Waals surface area (Å²) in [6.45, 7) is 6.43. The molecule has 19 nitrogen and oxygen atoms in total. The maximum absolute atomic E-state index is 14.2. The number of ketones is 1. The molecule has 0 aliphatic heterocycles. The third-order valence-electron chi connectivity index (χ3n) is 13.8. The Hall–Kier alpha value is -4.68. The second-order valence-electron chi connectivity index (χ2n) is 18.7. The molecule has 0 radical (unpaired) electrons. The summed E-state index contributed by atoms with van der Waals surface area (Å²) in [4.78, 5) is 104. The van der Waals surface area contributed by atoms with Crippen molar-refractivity contribution in [2.45, 2.75) is 129 Å². The molecule has 0 aromatic carbocycles. The van der Waals surface area contributed by atoms with Crippen LogP contribution in [0, 0.1) is 47.3 Å². The van der Waals surface area contributed by atoms with Crippen LogP contribution in [0.15, 0.2) is 0 Å². The van der Waals surface area contributed by atoms with Gasteiger partial charge in [-0.25, -0.2) is 19.2 Å². The standard InChI is InChI=1S/C47H77N5O14/c1-5-61-44(58)49-25-32-8-16-35(17-9-32)39(53)43(57)66-30-47(52-40(54)36-18-10-31(11-19-36)24-48-4,28-64-41(55)37-20-12-33(13-21-37)26-50-45(59)62-6-2)29-65-42(56)38-22-14-34(15-23-38)27-51-46(60)63-7-3/h31-38,48H,5-30H2,1-4H3,(H,49,58)(H,50,59)(H,51,60)(H,52,54). The summed E-state index contributed by atoms with van der Waals surface area (Å²) < 4.78 is 32.6. The normalized spacial score (nSPS) is 26.2. The topological polar surface area (TPSA) is 252 Å². The van der Waals surface area contributed by atoms with E-state index in [1.54, 1.807) is 20.8 Å². The fourth-order valence-corrected chi connectivity index (χ4v) is 9.67. The van der Waals surface area contributed by atoms with E-state index in [1.807, 2.05) is 7.05 Å². The fourth-order valence-electron chi connectivity index (χ4n) is 9.67. The lowest BCUT2D eigenvalue weighted by atomic mass is 9.80. The average molecular weight is 936 g/mol. The Labute approximate surface area is 389 Å². The molecule has 4 fully saturated rings. The Kier molecular flexibility index (Phi) is 23.3. The van der Waals surface area contributed by atoms with Gasteiger partial charge in [0, 0.05) is 31.5 Å². The Morgan fingerprint density at radius 3 is 1.12 bits per heavy atom. The quantitative estimate of drug-likeness (QED) is 0.0528. The average Bonchev–Trinajstić information content (AvgIpc) is 3.33. The molecule has 66 heavy (non-hydrogen) atoms. The minimum absolute atomic E-state index is 0.114. The number of amides is 4. The molecule has 0 heterocycles. The largest absolute Gasteiger partial charge is 0.463 e. The predicted octanol–water partition coefficient (Wildman–Crippen LogP) is 4.72. The van der Waals surface area contributed by atoms with Crippen LogP contribution in [0.4, 0.5) is 14.4 Å². The zero-order valence-electron chi connectivity index (χ0n) is 39.7. The van der Waals surface area contributed by atoms with Gasteiger partial charge in [0.2, 0.25) is 11.7 Å². The Morgan fingerprint density at radius 2 is 0.758 bits per heavy atom. The Bertz CT molecular complexity index is 1520. The van der Waals surface area contributed by atoms with Crippen molar-refractivity contribution in [1.29, 1.82) is 0 Å². The highest BCUT2D eigenvalue weighted by atomic mass is 16.6. The number of nitrogens with one attached hydrogen (secondary N) is 5. The number of carbonyl (C=O) groups is 8. The number of esters is 3. The number of carbonyl (C=O) groups excluding carboxylic acids is 8. The van der Waals surface area contributed by atoms with Gasteiger partial charge in [0.25, 0.3) is 0 Å². The molecular weight excluding hydrogens is 859 g/mol. The molecule has 19 heteroatoms. The van der Waals surface area contributed by atoms with Crippen LogP contribution < -0.4 is 26.6 Å². The predicted molar refractivity (Wildman–Crippen MR) is 240 cm³/mol. The van der Waals surface area contributed by atoms with Crippen LogP contribution in [-0.2, 0) is 52.4 Å². The minimum Gasteiger partial charge on any atom is -0.463 e. The van der Waals surface area contributed by atoms with Crippen LogP contribution in [0.25, 0.3) is 0 Å². The van der Waals surface area contributed by atoms with Gasteiger partial charge in [0.05, 0.1) is 31.7 Å². The minimum atomic E-state index is -1.72. The molecule has 0 aromatic rings. The summed E-state index contributed by atoms with van der Waals surface area (Å²) in [6.07, 6.45) is 8.03. The second-order valence-corrected chi connectivity index (χ2v) is 18.7. The van der Waals surface area contributed by atoms with Crippen LogP contribution in [0.1, 0.15) is 124 Å². The van der Waals surface area contributed by atoms with Crippen molar-refractivity contribution in [2.24, 2.45) is 47.3 Å². The molecule has 374 valence electrons. The van der Waals surface area contributed by atoms with Crippen LogP contribution in [0.3, 0.4) is 0 Å². The SMILES string of the molecule is CCOC(=O)NCC1CCC(C(=O)OCC(COC(=O)C(=O)C2CCC(CNC(=O)OCC)CC2)(COC(=O)C2CCC(CNC(=O)OCC)CC2)NC(=O)C2CCC(CNC)CC2)CC1. The number of rotatable bonds is 23. The van der Waals surface area contributed by atoms with Crippen LogP contribution >= 0.6 is 0 Å². The van der Waals surface area contributed by atoms with Gasteiger partial charge in [0.15, 0.2) is 0 Å². The highest BCUT2D eigenvalue weighted by Crippen LogP contribution is 2.33. The first-order chi connectivity index (χ1) is 31.8. The molecule has 4 rings (SSSR count). The van der Waals surface area contributed by atoms with Gasteiger partial charge in [-0.1, -0.05) is 0 Å². The molecule has 5 N–H and O–H groups in total. The molecule has 0 aromatic heterocycles. The van der Waals surface area contributed by atoms with Gasteiger partial charge in [0.1, 0.15) is 25.4 Å². The highest BCUT2D eigenvalue weighted by molar-refractivity contribution is 6.34. The van der Waals surface area contributed by atoms with Gasteiger partial charge < -0.3 is 55.0 Å². The zero-order valence-corrected chi connectivity index (χ0v) is 39.7. The van der Waals surface area contributed by atoms with Crippen molar-refractivity contribution in [3.05, 3.63) is 0 Å². The van der Waals surface area contributed by atoms with E-state index in [0.29, 0.717) is 115 Å².